The molecular weight excluding hydrogens is 120 g/mol. The SMILES string of the molecule is C=C/C=C\CCC(=C)C=C. The lowest BCUT2D eigenvalue weighted by Gasteiger charge is -1.92. The smallest absolute Gasteiger partial charge is 0.0250 e. The number of hydrogen-bond acceptors (Lipinski definition) is 0. The summed E-state index contributed by atoms with van der Waals surface area (Å²) < 4.78 is 0. The van der Waals surface area contributed by atoms with Crippen molar-refractivity contribution >= 4 is 0 Å². The molecule has 0 fully saturated rings. The molecule has 54 valence electrons. The molecule has 0 amide bonds. The first-order valence-corrected chi connectivity index (χ1v) is 3.39. The maximum absolute atomic E-state index is 3.79. The van der Waals surface area contributed by atoms with Crippen molar-refractivity contribution in [3.8, 4) is 0 Å². The number of rotatable bonds is 5. The van der Waals surface area contributed by atoms with Crippen LogP contribution in [0.15, 0.2) is 49.6 Å². The summed E-state index contributed by atoms with van der Waals surface area (Å²) in [6, 6.07) is 0. The van der Waals surface area contributed by atoms with Crippen molar-refractivity contribution < 1.29 is 0 Å². The zero-order valence-corrected chi connectivity index (χ0v) is 6.34. The van der Waals surface area contributed by atoms with Gasteiger partial charge in [-0.3, -0.25) is 0 Å². The van der Waals surface area contributed by atoms with Crippen LogP contribution >= 0.6 is 0 Å². The summed E-state index contributed by atoms with van der Waals surface area (Å²) in [5, 5.41) is 0. The topological polar surface area (TPSA) is 0 Å². The monoisotopic (exact) mass is 134 g/mol. The van der Waals surface area contributed by atoms with E-state index < -0.39 is 0 Å². The zero-order valence-electron chi connectivity index (χ0n) is 6.34. The van der Waals surface area contributed by atoms with Gasteiger partial charge in [0.2, 0.25) is 0 Å². The van der Waals surface area contributed by atoms with Gasteiger partial charge in [0.25, 0.3) is 0 Å². The van der Waals surface area contributed by atoms with Gasteiger partial charge in [-0.25, -0.2) is 0 Å². The Morgan fingerprint density at radius 2 is 2.00 bits per heavy atom. The Labute approximate surface area is 63.3 Å². The quantitative estimate of drug-likeness (QED) is 0.506. The second kappa shape index (κ2) is 6.09. The molecule has 0 aliphatic carbocycles. The van der Waals surface area contributed by atoms with Gasteiger partial charge >= 0.3 is 0 Å². The second-order valence-electron chi connectivity index (χ2n) is 2.06. The first-order valence-electron chi connectivity index (χ1n) is 3.39. The molecule has 0 spiro atoms. The highest BCUT2D eigenvalue weighted by Gasteiger charge is 1.82. The second-order valence-corrected chi connectivity index (χ2v) is 2.06. The fraction of sp³-hybridized carbons (Fsp3) is 0.200. The molecule has 0 radical (unpaired) electrons. The van der Waals surface area contributed by atoms with E-state index in [1.165, 1.54) is 0 Å². The van der Waals surface area contributed by atoms with E-state index in [9.17, 15) is 0 Å². The summed E-state index contributed by atoms with van der Waals surface area (Å²) in [7, 11) is 0. The van der Waals surface area contributed by atoms with Gasteiger partial charge in [0, 0.05) is 0 Å². The number of hydrogen-bond donors (Lipinski definition) is 0. The van der Waals surface area contributed by atoms with Crippen molar-refractivity contribution in [1.29, 1.82) is 0 Å². The van der Waals surface area contributed by atoms with Crippen LogP contribution < -0.4 is 0 Å². The maximum atomic E-state index is 3.79. The molecule has 10 heavy (non-hydrogen) atoms. The van der Waals surface area contributed by atoms with Crippen LogP contribution in [0, 0.1) is 0 Å². The lowest BCUT2D eigenvalue weighted by atomic mass is 10.1. The summed E-state index contributed by atoms with van der Waals surface area (Å²) in [4.78, 5) is 0. The van der Waals surface area contributed by atoms with Crippen molar-refractivity contribution in [3.63, 3.8) is 0 Å². The van der Waals surface area contributed by atoms with E-state index in [0.29, 0.717) is 0 Å². The van der Waals surface area contributed by atoms with Crippen LogP contribution in [0.3, 0.4) is 0 Å². The fourth-order valence-corrected chi connectivity index (χ4v) is 0.563. The largest absolute Gasteiger partial charge is 0.0991 e. The molecule has 0 aromatic rings. The lowest BCUT2D eigenvalue weighted by Crippen LogP contribution is -1.72. The van der Waals surface area contributed by atoms with Crippen LogP contribution in [0.2, 0.25) is 0 Å². The molecule has 0 heteroatoms. The van der Waals surface area contributed by atoms with Crippen molar-refractivity contribution in [2.75, 3.05) is 0 Å². The molecule has 0 bridgehead atoms. The first-order chi connectivity index (χ1) is 4.81. The van der Waals surface area contributed by atoms with E-state index in [2.05, 4.69) is 25.8 Å². The van der Waals surface area contributed by atoms with Crippen molar-refractivity contribution in [2.45, 2.75) is 12.8 Å². The van der Waals surface area contributed by atoms with Crippen LogP contribution in [0.4, 0.5) is 0 Å². The first kappa shape index (κ1) is 8.96. The zero-order chi connectivity index (χ0) is 7.82. The van der Waals surface area contributed by atoms with Gasteiger partial charge in [0.15, 0.2) is 0 Å². The summed E-state index contributed by atoms with van der Waals surface area (Å²) >= 11 is 0. The lowest BCUT2D eigenvalue weighted by molar-refractivity contribution is 1.01. The van der Waals surface area contributed by atoms with E-state index in [-0.39, 0.29) is 0 Å². The Hall–Kier alpha value is -1.04. The molecule has 0 nitrogen and oxygen atoms in total. The van der Waals surface area contributed by atoms with E-state index in [1.807, 2.05) is 6.08 Å². The molecule has 0 saturated heterocycles. The van der Waals surface area contributed by atoms with Gasteiger partial charge in [0.1, 0.15) is 0 Å². The number of allylic oxidation sites excluding steroid dienone is 5. The maximum Gasteiger partial charge on any atom is -0.0250 e. The molecule has 0 N–H and O–H groups in total. The Morgan fingerprint density at radius 1 is 1.30 bits per heavy atom. The van der Waals surface area contributed by atoms with Gasteiger partial charge in [-0.05, 0) is 12.8 Å². The van der Waals surface area contributed by atoms with E-state index in [0.717, 1.165) is 18.4 Å². The third-order valence-electron chi connectivity index (χ3n) is 1.19. The van der Waals surface area contributed by atoms with Crippen LogP contribution in [0.5, 0.6) is 0 Å². The van der Waals surface area contributed by atoms with Crippen LogP contribution in [-0.4, -0.2) is 0 Å². The highest BCUT2D eigenvalue weighted by atomic mass is 13.9. The molecule has 0 unspecified atom stereocenters. The average Bonchev–Trinajstić information content (AvgIpc) is 1.98. The fourth-order valence-electron chi connectivity index (χ4n) is 0.563. The molecule has 0 saturated carbocycles. The molecule has 0 aliphatic rings. The van der Waals surface area contributed by atoms with Gasteiger partial charge in [-0.2, -0.15) is 0 Å². The van der Waals surface area contributed by atoms with Crippen molar-refractivity contribution in [1.82, 2.24) is 0 Å². The van der Waals surface area contributed by atoms with Gasteiger partial charge in [-0.1, -0.05) is 49.6 Å². The van der Waals surface area contributed by atoms with Gasteiger partial charge < -0.3 is 0 Å². The molecule has 0 aromatic carbocycles. The summed E-state index contributed by atoms with van der Waals surface area (Å²) in [6.45, 7) is 11.0. The van der Waals surface area contributed by atoms with E-state index in [4.69, 9.17) is 0 Å². The molecule has 0 aromatic heterocycles. The average molecular weight is 134 g/mol. The predicted molar refractivity (Wildman–Crippen MR) is 47.9 cm³/mol. The van der Waals surface area contributed by atoms with Crippen LogP contribution in [0.25, 0.3) is 0 Å². The van der Waals surface area contributed by atoms with Crippen LogP contribution in [0.1, 0.15) is 12.8 Å². The predicted octanol–water partition coefficient (Wildman–Crippen LogP) is 3.25. The molecule has 0 rings (SSSR count). The van der Waals surface area contributed by atoms with Crippen LogP contribution in [-0.2, 0) is 0 Å². The minimum Gasteiger partial charge on any atom is -0.0991 e. The Bertz CT molecular complexity index is 149. The Kier molecular flexibility index (Phi) is 5.45. The molecule has 0 atom stereocenters. The summed E-state index contributed by atoms with van der Waals surface area (Å²) in [5.74, 6) is 0. The standard InChI is InChI=1S/C10H14/c1-4-6-7-8-9-10(3)5-2/h4-7H,1-3,8-9H2/b7-6-. The van der Waals surface area contributed by atoms with Crippen molar-refractivity contribution in [2.24, 2.45) is 0 Å². The third kappa shape index (κ3) is 5.10. The summed E-state index contributed by atoms with van der Waals surface area (Å²) in [5.41, 5.74) is 1.09. The normalized spacial score (nSPS) is 9.60. The Morgan fingerprint density at radius 3 is 2.50 bits per heavy atom. The van der Waals surface area contributed by atoms with E-state index in [1.54, 1.807) is 12.2 Å². The molecular formula is C10H14. The minimum atomic E-state index is 0.994. The summed E-state index contributed by atoms with van der Waals surface area (Å²) in [6.07, 6.45) is 9.60. The van der Waals surface area contributed by atoms with Crippen molar-refractivity contribution in [3.05, 3.63) is 49.6 Å². The highest BCUT2D eigenvalue weighted by Crippen LogP contribution is 2.02. The Balaban J connectivity index is 3.36. The highest BCUT2D eigenvalue weighted by molar-refractivity contribution is 5.11. The van der Waals surface area contributed by atoms with E-state index >= 15 is 0 Å². The molecule has 0 heterocycles. The molecule has 0 aliphatic heterocycles. The van der Waals surface area contributed by atoms with Gasteiger partial charge in [-0.15, -0.1) is 0 Å². The third-order valence-corrected chi connectivity index (χ3v) is 1.19. The minimum absolute atomic E-state index is 0.994. The van der Waals surface area contributed by atoms with Gasteiger partial charge in [0.05, 0.1) is 0 Å².